The van der Waals surface area contributed by atoms with Crippen LogP contribution in [0.4, 0.5) is 0 Å². The molecule has 134 valence electrons. The third-order valence-electron chi connectivity index (χ3n) is 5.45. The Labute approximate surface area is 167 Å². The standard InChI is InChI=1S/C19H29N3S.HI/c1-14-6-4-5-7-17(14)19(10-11-19)13-21-18(20-2)22-15-8-9-16(12-15)23-3;/h4-7,15-16H,8-13H2,1-3H3,(H2,20,21,22);1H. The summed E-state index contributed by atoms with van der Waals surface area (Å²) in [6, 6.07) is 9.39. The third kappa shape index (κ3) is 4.59. The second kappa shape index (κ2) is 8.79. The number of nitrogens with zero attached hydrogens (tertiary/aromatic N) is 1. The minimum atomic E-state index is 0. The van der Waals surface area contributed by atoms with Crippen molar-refractivity contribution in [2.45, 2.75) is 55.7 Å². The van der Waals surface area contributed by atoms with Gasteiger partial charge in [-0.05, 0) is 56.4 Å². The molecule has 2 unspecified atom stereocenters. The highest BCUT2D eigenvalue weighted by atomic mass is 127. The van der Waals surface area contributed by atoms with E-state index in [-0.39, 0.29) is 24.0 Å². The van der Waals surface area contributed by atoms with Crippen LogP contribution in [-0.4, -0.2) is 37.1 Å². The van der Waals surface area contributed by atoms with Gasteiger partial charge < -0.3 is 10.6 Å². The molecule has 2 fully saturated rings. The van der Waals surface area contributed by atoms with E-state index in [1.807, 2.05) is 18.8 Å². The fourth-order valence-electron chi connectivity index (χ4n) is 3.79. The van der Waals surface area contributed by atoms with E-state index in [1.54, 1.807) is 0 Å². The molecule has 0 radical (unpaired) electrons. The lowest BCUT2D eigenvalue weighted by atomic mass is 9.92. The Balaban J connectivity index is 0.00000208. The van der Waals surface area contributed by atoms with Crippen LogP contribution < -0.4 is 10.6 Å². The van der Waals surface area contributed by atoms with Gasteiger partial charge in [0.15, 0.2) is 5.96 Å². The van der Waals surface area contributed by atoms with Gasteiger partial charge in [0.1, 0.15) is 0 Å². The molecule has 0 spiro atoms. The van der Waals surface area contributed by atoms with Gasteiger partial charge in [-0.1, -0.05) is 24.3 Å². The van der Waals surface area contributed by atoms with Crippen LogP contribution >= 0.6 is 35.7 Å². The average molecular weight is 459 g/mol. The molecule has 2 N–H and O–H groups in total. The lowest BCUT2D eigenvalue weighted by molar-refractivity contribution is 0.593. The van der Waals surface area contributed by atoms with E-state index in [0.29, 0.717) is 11.5 Å². The van der Waals surface area contributed by atoms with Crippen molar-refractivity contribution in [2.75, 3.05) is 19.8 Å². The molecule has 3 nitrogen and oxygen atoms in total. The van der Waals surface area contributed by atoms with Crippen LogP contribution in [0.1, 0.15) is 43.2 Å². The zero-order valence-corrected chi connectivity index (χ0v) is 18.1. The normalized spacial score (nSPS) is 25.0. The smallest absolute Gasteiger partial charge is 0.191 e. The van der Waals surface area contributed by atoms with Crippen LogP contribution in [0.15, 0.2) is 29.3 Å². The third-order valence-corrected chi connectivity index (χ3v) is 6.54. The number of aryl methyl sites for hydroxylation is 1. The summed E-state index contributed by atoms with van der Waals surface area (Å²) in [7, 11) is 1.88. The van der Waals surface area contributed by atoms with Gasteiger partial charge in [-0.25, -0.2) is 0 Å². The topological polar surface area (TPSA) is 36.4 Å². The summed E-state index contributed by atoms with van der Waals surface area (Å²) in [5.41, 5.74) is 3.24. The summed E-state index contributed by atoms with van der Waals surface area (Å²) in [5.74, 6) is 0.969. The van der Waals surface area contributed by atoms with Crippen molar-refractivity contribution < 1.29 is 0 Å². The monoisotopic (exact) mass is 459 g/mol. The molecular weight excluding hydrogens is 429 g/mol. The van der Waals surface area contributed by atoms with E-state index in [9.17, 15) is 0 Å². The average Bonchev–Trinajstić information content (AvgIpc) is 3.22. The molecule has 0 saturated heterocycles. The van der Waals surface area contributed by atoms with E-state index in [0.717, 1.165) is 17.8 Å². The molecule has 3 rings (SSSR count). The molecule has 2 aliphatic rings. The Morgan fingerprint density at radius 3 is 2.62 bits per heavy atom. The van der Waals surface area contributed by atoms with Gasteiger partial charge in [0.25, 0.3) is 0 Å². The van der Waals surface area contributed by atoms with Crippen molar-refractivity contribution in [3.8, 4) is 0 Å². The SMILES string of the molecule is CN=C(NCC1(c2ccccc2C)CC1)NC1CCC(SC)C1.I. The van der Waals surface area contributed by atoms with Crippen LogP contribution in [0.2, 0.25) is 0 Å². The Bertz CT molecular complexity index is 571. The molecule has 0 amide bonds. The number of hydrogen-bond acceptors (Lipinski definition) is 2. The second-order valence-electron chi connectivity index (χ2n) is 7.03. The fraction of sp³-hybridized carbons (Fsp3) is 0.632. The van der Waals surface area contributed by atoms with Gasteiger partial charge in [0, 0.05) is 30.3 Å². The van der Waals surface area contributed by atoms with Crippen molar-refractivity contribution in [1.82, 2.24) is 10.6 Å². The zero-order chi connectivity index (χ0) is 16.3. The van der Waals surface area contributed by atoms with Crippen molar-refractivity contribution in [3.63, 3.8) is 0 Å². The molecule has 1 aromatic carbocycles. The molecule has 0 heterocycles. The highest BCUT2D eigenvalue weighted by molar-refractivity contribution is 14.0. The molecule has 0 bridgehead atoms. The number of halogens is 1. The summed E-state index contributed by atoms with van der Waals surface area (Å²) in [6.07, 6.45) is 8.61. The van der Waals surface area contributed by atoms with Crippen LogP contribution in [0, 0.1) is 6.92 Å². The van der Waals surface area contributed by atoms with Gasteiger partial charge in [-0.2, -0.15) is 11.8 Å². The molecular formula is C19H30IN3S. The van der Waals surface area contributed by atoms with E-state index < -0.39 is 0 Å². The fourth-order valence-corrected chi connectivity index (χ4v) is 4.58. The van der Waals surface area contributed by atoms with E-state index >= 15 is 0 Å². The second-order valence-corrected chi connectivity index (χ2v) is 8.17. The minimum absolute atomic E-state index is 0. The first-order valence-electron chi connectivity index (χ1n) is 8.73. The quantitative estimate of drug-likeness (QED) is 0.396. The number of thioether (sulfide) groups is 1. The number of benzene rings is 1. The summed E-state index contributed by atoms with van der Waals surface area (Å²) >= 11 is 2.00. The van der Waals surface area contributed by atoms with Crippen LogP contribution in [0.3, 0.4) is 0 Å². The summed E-state index contributed by atoms with van der Waals surface area (Å²) < 4.78 is 0. The van der Waals surface area contributed by atoms with E-state index in [1.165, 1.54) is 43.2 Å². The maximum atomic E-state index is 4.44. The van der Waals surface area contributed by atoms with Gasteiger partial charge in [-0.3, -0.25) is 4.99 Å². The number of aliphatic imine (C=N–C) groups is 1. The van der Waals surface area contributed by atoms with E-state index in [2.05, 4.69) is 53.1 Å². The number of guanidine groups is 1. The predicted octanol–water partition coefficient (Wildman–Crippen LogP) is 4.09. The Morgan fingerprint density at radius 2 is 2.04 bits per heavy atom. The van der Waals surface area contributed by atoms with Gasteiger partial charge in [-0.15, -0.1) is 24.0 Å². The molecule has 0 aromatic heterocycles. The highest BCUT2D eigenvalue weighted by Gasteiger charge is 2.45. The Kier molecular flexibility index (Phi) is 7.28. The predicted molar refractivity (Wildman–Crippen MR) is 117 cm³/mol. The molecule has 2 saturated carbocycles. The molecule has 5 heteroatoms. The highest BCUT2D eigenvalue weighted by Crippen LogP contribution is 2.48. The molecule has 2 aliphatic carbocycles. The Morgan fingerprint density at radius 1 is 1.29 bits per heavy atom. The van der Waals surface area contributed by atoms with E-state index in [4.69, 9.17) is 0 Å². The Hall–Kier alpha value is -0.430. The lowest BCUT2D eigenvalue weighted by Gasteiger charge is -2.22. The summed E-state index contributed by atoms with van der Waals surface area (Å²) in [5, 5.41) is 8.02. The van der Waals surface area contributed by atoms with Crippen molar-refractivity contribution in [1.29, 1.82) is 0 Å². The van der Waals surface area contributed by atoms with Crippen molar-refractivity contribution in [2.24, 2.45) is 4.99 Å². The minimum Gasteiger partial charge on any atom is -0.356 e. The van der Waals surface area contributed by atoms with Crippen LogP contribution in [0.25, 0.3) is 0 Å². The number of hydrogen-bond donors (Lipinski definition) is 2. The molecule has 0 aliphatic heterocycles. The summed E-state index contributed by atoms with van der Waals surface area (Å²) in [4.78, 5) is 4.44. The first-order chi connectivity index (χ1) is 11.2. The van der Waals surface area contributed by atoms with Crippen molar-refractivity contribution >= 4 is 41.7 Å². The number of nitrogens with one attached hydrogen (secondary N) is 2. The zero-order valence-electron chi connectivity index (χ0n) is 15.0. The van der Waals surface area contributed by atoms with Crippen molar-refractivity contribution in [3.05, 3.63) is 35.4 Å². The molecule has 2 atom stereocenters. The maximum absolute atomic E-state index is 4.44. The van der Waals surface area contributed by atoms with Crippen LogP contribution in [-0.2, 0) is 5.41 Å². The van der Waals surface area contributed by atoms with Crippen LogP contribution in [0.5, 0.6) is 0 Å². The maximum Gasteiger partial charge on any atom is 0.191 e. The largest absolute Gasteiger partial charge is 0.356 e. The first-order valence-corrected chi connectivity index (χ1v) is 10.0. The molecule has 24 heavy (non-hydrogen) atoms. The van der Waals surface area contributed by atoms with Gasteiger partial charge >= 0.3 is 0 Å². The number of rotatable bonds is 5. The van der Waals surface area contributed by atoms with Gasteiger partial charge in [0.2, 0.25) is 0 Å². The van der Waals surface area contributed by atoms with Gasteiger partial charge in [0.05, 0.1) is 0 Å². The first kappa shape index (κ1) is 19.9. The molecule has 1 aromatic rings. The summed E-state index contributed by atoms with van der Waals surface area (Å²) in [6.45, 7) is 3.21. The lowest BCUT2D eigenvalue weighted by Crippen LogP contribution is -2.45.